The Kier molecular flexibility index (Phi) is 23.8. The van der Waals surface area contributed by atoms with E-state index in [1.807, 2.05) is 0 Å². The molecule has 1 atom stereocenters. The van der Waals surface area contributed by atoms with Crippen molar-refractivity contribution < 1.29 is 31.0 Å². The molecular weight excluding hydrogens is 343 g/mol. The summed E-state index contributed by atoms with van der Waals surface area (Å²) in [5.74, 6) is 1.43. The van der Waals surface area contributed by atoms with E-state index in [9.17, 15) is 0 Å². The topological polar surface area (TPSA) is 0 Å². The van der Waals surface area contributed by atoms with Crippen molar-refractivity contribution >= 4 is 11.8 Å². The van der Waals surface area contributed by atoms with Crippen molar-refractivity contribution in [3.63, 3.8) is 0 Å². The van der Waals surface area contributed by atoms with Crippen LogP contribution in [0.1, 0.15) is 143 Å². The molecule has 0 spiro atoms. The molecule has 0 radical (unpaired) electrons. The molecule has 0 aromatic heterocycles. The molecule has 152 valence electrons. The monoisotopic (exact) mass is 392 g/mol. The van der Waals surface area contributed by atoms with Crippen LogP contribution < -0.4 is 29.6 Å². The first-order valence-corrected chi connectivity index (χ1v) is 13.1. The molecule has 1 aliphatic rings. The van der Waals surface area contributed by atoms with Gasteiger partial charge in [0.05, 0.1) is 0 Å². The summed E-state index contributed by atoms with van der Waals surface area (Å²) in [6, 6.07) is 0. The fraction of sp³-hybridized carbons (Fsp3) is 1.00. The number of thioether (sulfide) groups is 1. The Balaban J connectivity index is 0. The first-order chi connectivity index (χ1) is 12.4. The predicted octanol–water partition coefficient (Wildman–Crippen LogP) is 6.43. The molecular formula is C24H49NaS. The zero-order valence-electron chi connectivity index (χ0n) is 19.5. The van der Waals surface area contributed by atoms with E-state index in [1.165, 1.54) is 141 Å². The Morgan fingerprint density at radius 2 is 1.08 bits per heavy atom. The molecule has 0 saturated carbocycles. The van der Waals surface area contributed by atoms with Gasteiger partial charge in [-0.25, -0.2) is 0 Å². The zero-order chi connectivity index (χ0) is 17.8. The first kappa shape index (κ1) is 27.4. The van der Waals surface area contributed by atoms with Crippen molar-refractivity contribution in [3.05, 3.63) is 0 Å². The predicted molar refractivity (Wildman–Crippen MR) is 120 cm³/mol. The van der Waals surface area contributed by atoms with Gasteiger partial charge in [-0.15, -0.1) is 0 Å². The number of hydrogen-bond donors (Lipinski definition) is 0. The molecule has 1 fully saturated rings. The maximum Gasteiger partial charge on any atom is 1.00 e. The average Bonchev–Trinajstić information content (AvgIpc) is 2.76. The van der Waals surface area contributed by atoms with Crippen molar-refractivity contribution in [3.8, 4) is 0 Å². The minimum absolute atomic E-state index is 0. The van der Waals surface area contributed by atoms with E-state index in [1.54, 1.807) is 0 Å². The van der Waals surface area contributed by atoms with Crippen LogP contribution in [0.5, 0.6) is 0 Å². The molecule has 0 aromatic rings. The van der Waals surface area contributed by atoms with E-state index in [0.717, 1.165) is 5.25 Å². The summed E-state index contributed by atoms with van der Waals surface area (Å²) in [5, 5.41) is 0.996. The van der Waals surface area contributed by atoms with E-state index in [2.05, 4.69) is 18.7 Å². The maximum atomic E-state index is 2.30. The third kappa shape index (κ3) is 18.7. The van der Waals surface area contributed by atoms with E-state index in [4.69, 9.17) is 0 Å². The Labute approximate surface area is 194 Å². The van der Waals surface area contributed by atoms with Crippen LogP contribution in [0.4, 0.5) is 0 Å². The molecule has 1 heterocycles. The third-order valence-electron chi connectivity index (χ3n) is 5.90. The Hall–Kier alpha value is 1.35. The SMILES string of the molecule is CCCCCCCCCCCCCCCCC1CCCCCCCS1.[H-].[Na+]. The van der Waals surface area contributed by atoms with Gasteiger partial charge in [0, 0.05) is 5.25 Å². The fourth-order valence-corrected chi connectivity index (χ4v) is 5.50. The smallest absolute Gasteiger partial charge is 1.00 e. The van der Waals surface area contributed by atoms with Crippen LogP contribution in [0.15, 0.2) is 0 Å². The Bertz CT molecular complexity index is 253. The van der Waals surface area contributed by atoms with Gasteiger partial charge in [-0.05, 0) is 25.0 Å². The van der Waals surface area contributed by atoms with Gasteiger partial charge >= 0.3 is 29.6 Å². The van der Waals surface area contributed by atoms with Gasteiger partial charge in [0.1, 0.15) is 0 Å². The second kappa shape index (κ2) is 22.6. The van der Waals surface area contributed by atoms with Crippen LogP contribution in [0.2, 0.25) is 0 Å². The molecule has 26 heavy (non-hydrogen) atoms. The van der Waals surface area contributed by atoms with E-state index < -0.39 is 0 Å². The summed E-state index contributed by atoms with van der Waals surface area (Å²) < 4.78 is 0. The summed E-state index contributed by atoms with van der Waals surface area (Å²) in [7, 11) is 0. The summed E-state index contributed by atoms with van der Waals surface area (Å²) in [5.41, 5.74) is 0. The van der Waals surface area contributed by atoms with E-state index >= 15 is 0 Å². The largest absolute Gasteiger partial charge is 1.00 e. The molecule has 0 N–H and O–H groups in total. The minimum atomic E-state index is 0. The van der Waals surface area contributed by atoms with Gasteiger partial charge < -0.3 is 1.43 Å². The van der Waals surface area contributed by atoms with Gasteiger partial charge in [0.2, 0.25) is 0 Å². The van der Waals surface area contributed by atoms with Crippen molar-refractivity contribution in [1.29, 1.82) is 0 Å². The fourth-order valence-electron chi connectivity index (χ4n) is 4.13. The molecule has 1 aliphatic heterocycles. The summed E-state index contributed by atoms with van der Waals surface area (Å²) in [6.07, 6.45) is 31.1. The quantitative estimate of drug-likeness (QED) is 0.228. The molecule has 2 heteroatoms. The normalized spacial score (nSPS) is 18.6. The minimum Gasteiger partial charge on any atom is -1.00 e. The molecule has 1 rings (SSSR count). The first-order valence-electron chi connectivity index (χ1n) is 12.0. The van der Waals surface area contributed by atoms with E-state index in [-0.39, 0.29) is 31.0 Å². The number of rotatable bonds is 15. The number of hydrogen-bond acceptors (Lipinski definition) is 1. The van der Waals surface area contributed by atoms with Crippen molar-refractivity contribution in [1.82, 2.24) is 0 Å². The second-order valence-electron chi connectivity index (χ2n) is 8.43. The van der Waals surface area contributed by atoms with Gasteiger partial charge in [-0.2, -0.15) is 11.8 Å². The van der Waals surface area contributed by atoms with Crippen molar-refractivity contribution in [2.24, 2.45) is 0 Å². The summed E-state index contributed by atoms with van der Waals surface area (Å²) >= 11 is 2.30. The van der Waals surface area contributed by atoms with Crippen LogP contribution >= 0.6 is 11.8 Å². The van der Waals surface area contributed by atoms with Crippen LogP contribution in [-0.2, 0) is 0 Å². The van der Waals surface area contributed by atoms with Crippen LogP contribution in [0.25, 0.3) is 0 Å². The molecule has 0 nitrogen and oxygen atoms in total. The van der Waals surface area contributed by atoms with Gasteiger partial charge in [0.25, 0.3) is 0 Å². The molecule has 0 bridgehead atoms. The van der Waals surface area contributed by atoms with Gasteiger partial charge in [-0.1, -0.05) is 122 Å². The van der Waals surface area contributed by atoms with Crippen molar-refractivity contribution in [2.75, 3.05) is 5.75 Å². The maximum absolute atomic E-state index is 2.30. The number of unbranched alkanes of at least 4 members (excludes halogenated alkanes) is 13. The zero-order valence-corrected chi connectivity index (χ0v) is 21.4. The Morgan fingerprint density at radius 1 is 0.615 bits per heavy atom. The molecule has 0 aliphatic carbocycles. The van der Waals surface area contributed by atoms with Crippen LogP contribution in [0.3, 0.4) is 0 Å². The molecule has 0 aromatic carbocycles. The van der Waals surface area contributed by atoms with Crippen molar-refractivity contribution in [2.45, 2.75) is 147 Å². The van der Waals surface area contributed by atoms with Crippen LogP contribution in [0, 0.1) is 0 Å². The molecule has 0 amide bonds. The van der Waals surface area contributed by atoms with Gasteiger partial charge in [0.15, 0.2) is 0 Å². The standard InChI is InChI=1S/C24H48S.Na.H/c1-2-3-4-5-6-7-8-9-10-11-12-13-15-18-21-24-22-19-16-14-17-20-23-25-24;;/h24H,2-23H2,1H3;;/q;+1;-1. The Morgan fingerprint density at radius 3 is 1.65 bits per heavy atom. The molecule has 1 saturated heterocycles. The average molecular weight is 393 g/mol. The second-order valence-corrected chi connectivity index (χ2v) is 9.84. The summed E-state index contributed by atoms with van der Waals surface area (Å²) in [6.45, 7) is 2.30. The summed E-state index contributed by atoms with van der Waals surface area (Å²) in [4.78, 5) is 0. The van der Waals surface area contributed by atoms with Crippen LogP contribution in [-0.4, -0.2) is 11.0 Å². The van der Waals surface area contributed by atoms with E-state index in [0.29, 0.717) is 0 Å². The third-order valence-corrected chi connectivity index (χ3v) is 7.37. The van der Waals surface area contributed by atoms with Gasteiger partial charge in [-0.3, -0.25) is 0 Å². The molecule has 1 unspecified atom stereocenters.